The van der Waals surface area contributed by atoms with E-state index in [1.807, 2.05) is 0 Å². The third kappa shape index (κ3) is 5.14. The van der Waals surface area contributed by atoms with E-state index in [0.717, 1.165) is 5.56 Å². The number of hydrogen-bond donors (Lipinski definition) is 1. The Morgan fingerprint density at radius 1 is 1.03 bits per heavy atom. The third-order valence-corrected chi connectivity index (χ3v) is 5.14. The summed E-state index contributed by atoms with van der Waals surface area (Å²) < 4.78 is 12.5. The Morgan fingerprint density at radius 3 is 2.40 bits per heavy atom. The van der Waals surface area contributed by atoms with Gasteiger partial charge in [-0.2, -0.15) is 0 Å². The number of pyridine rings is 1. The second-order valence-corrected chi connectivity index (χ2v) is 7.28. The van der Waals surface area contributed by atoms with Gasteiger partial charge in [0.2, 0.25) is 0 Å². The van der Waals surface area contributed by atoms with Gasteiger partial charge in [0.1, 0.15) is 23.1 Å². The fourth-order valence-corrected chi connectivity index (χ4v) is 3.45. The lowest BCUT2D eigenvalue weighted by molar-refractivity contribution is 0.0697. The zero-order chi connectivity index (χ0) is 21.7. The monoisotopic (exact) mass is 447 g/mol. The molecular formula is C22H19Cl2NO5. The summed E-state index contributed by atoms with van der Waals surface area (Å²) in [5, 5.41) is 9.35. The molecule has 2 aromatic carbocycles. The first-order valence-electron chi connectivity index (χ1n) is 9.06. The zero-order valence-electron chi connectivity index (χ0n) is 16.1. The van der Waals surface area contributed by atoms with Gasteiger partial charge >= 0.3 is 5.97 Å². The number of carboxylic acids is 1. The molecule has 3 rings (SSSR count). The number of methoxy groups -OCH3 is 1. The second-order valence-electron chi connectivity index (χ2n) is 6.46. The molecule has 0 radical (unpaired) electrons. The largest absolute Gasteiger partial charge is 0.497 e. The number of rotatable bonds is 8. The summed E-state index contributed by atoms with van der Waals surface area (Å²) in [5.41, 5.74) is 1.21. The molecule has 156 valence electrons. The molecule has 0 aliphatic heterocycles. The summed E-state index contributed by atoms with van der Waals surface area (Å²) in [4.78, 5) is 23.6. The molecule has 0 unspecified atom stereocenters. The molecule has 0 atom stereocenters. The number of aromatic nitrogens is 1. The Labute approximate surface area is 183 Å². The van der Waals surface area contributed by atoms with Gasteiger partial charge in [-0.1, -0.05) is 41.4 Å². The number of carboxylic acid groups (broad SMARTS) is 1. The van der Waals surface area contributed by atoms with Gasteiger partial charge in [0.25, 0.3) is 5.56 Å². The quantitative estimate of drug-likeness (QED) is 0.542. The summed E-state index contributed by atoms with van der Waals surface area (Å²) >= 11 is 12.4. The lowest BCUT2D eigenvalue weighted by Crippen LogP contribution is -2.26. The molecular weight excluding hydrogens is 429 g/mol. The minimum atomic E-state index is -0.989. The topological polar surface area (TPSA) is 77.8 Å². The summed E-state index contributed by atoms with van der Waals surface area (Å²) in [5.74, 6) is 0.233. The highest BCUT2D eigenvalue weighted by Crippen LogP contribution is 2.23. The molecule has 0 aliphatic rings. The molecule has 0 saturated carbocycles. The molecule has 0 bridgehead atoms. The number of aromatic carboxylic acids is 1. The van der Waals surface area contributed by atoms with Crippen LogP contribution in [0, 0.1) is 0 Å². The van der Waals surface area contributed by atoms with Crippen LogP contribution < -0.4 is 15.0 Å². The Morgan fingerprint density at radius 2 is 1.73 bits per heavy atom. The first-order chi connectivity index (χ1) is 14.4. The Hall–Kier alpha value is -2.96. The van der Waals surface area contributed by atoms with Gasteiger partial charge in [-0.15, -0.1) is 0 Å². The molecule has 0 fully saturated rings. The van der Waals surface area contributed by atoms with Crippen LogP contribution in [-0.4, -0.2) is 22.8 Å². The number of nitrogens with zero attached hydrogens (tertiary/aromatic N) is 1. The van der Waals surface area contributed by atoms with E-state index >= 15 is 0 Å². The van der Waals surface area contributed by atoms with E-state index < -0.39 is 5.97 Å². The number of aryl methyl sites for hydroxylation is 1. The number of ether oxygens (including phenoxy) is 2. The van der Waals surface area contributed by atoms with Gasteiger partial charge in [-0.3, -0.25) is 4.79 Å². The smallest absolute Gasteiger partial charge is 0.335 e. The maximum Gasteiger partial charge on any atom is 0.335 e. The van der Waals surface area contributed by atoms with Crippen molar-refractivity contribution >= 4 is 29.2 Å². The van der Waals surface area contributed by atoms with Crippen molar-refractivity contribution in [3.63, 3.8) is 0 Å². The van der Waals surface area contributed by atoms with E-state index in [1.165, 1.54) is 22.8 Å². The van der Waals surface area contributed by atoms with Crippen LogP contribution in [0.1, 0.15) is 21.6 Å². The van der Waals surface area contributed by atoms with Crippen LogP contribution >= 0.6 is 23.2 Å². The van der Waals surface area contributed by atoms with E-state index in [0.29, 0.717) is 35.2 Å². The molecule has 0 amide bonds. The number of hydrogen-bond acceptors (Lipinski definition) is 4. The predicted molar refractivity (Wildman–Crippen MR) is 115 cm³/mol. The van der Waals surface area contributed by atoms with Crippen molar-refractivity contribution in [1.82, 2.24) is 4.57 Å². The number of carbonyl (C=O) groups is 1. The van der Waals surface area contributed by atoms with E-state index in [-0.39, 0.29) is 22.8 Å². The molecule has 1 heterocycles. The van der Waals surface area contributed by atoms with Gasteiger partial charge < -0.3 is 19.1 Å². The highest BCUT2D eigenvalue weighted by Gasteiger charge is 2.14. The minimum Gasteiger partial charge on any atom is -0.497 e. The van der Waals surface area contributed by atoms with Gasteiger partial charge in [0, 0.05) is 12.6 Å². The summed E-state index contributed by atoms with van der Waals surface area (Å²) in [7, 11) is 1.57. The van der Waals surface area contributed by atoms with Crippen LogP contribution in [0.3, 0.4) is 0 Å². The van der Waals surface area contributed by atoms with Gasteiger partial charge in [-0.25, -0.2) is 4.79 Å². The lowest BCUT2D eigenvalue weighted by atomic mass is 10.1. The first-order valence-corrected chi connectivity index (χ1v) is 9.81. The van der Waals surface area contributed by atoms with Crippen LogP contribution in [-0.2, 0) is 19.6 Å². The molecule has 1 N–H and O–H groups in total. The first kappa shape index (κ1) is 21.7. The number of halogens is 2. The van der Waals surface area contributed by atoms with Crippen LogP contribution in [0.5, 0.6) is 11.5 Å². The van der Waals surface area contributed by atoms with Crippen molar-refractivity contribution < 1.29 is 19.4 Å². The highest BCUT2D eigenvalue weighted by atomic mass is 35.5. The summed E-state index contributed by atoms with van der Waals surface area (Å²) in [6, 6.07) is 15.0. The molecule has 30 heavy (non-hydrogen) atoms. The van der Waals surface area contributed by atoms with Crippen molar-refractivity contribution in [1.29, 1.82) is 0 Å². The van der Waals surface area contributed by atoms with E-state index in [1.54, 1.807) is 43.5 Å². The fraction of sp³-hybridized carbons (Fsp3) is 0.182. The van der Waals surface area contributed by atoms with Gasteiger partial charge in [0.15, 0.2) is 0 Å². The van der Waals surface area contributed by atoms with Gasteiger partial charge in [0.05, 0.1) is 23.4 Å². The maximum atomic E-state index is 12.6. The summed E-state index contributed by atoms with van der Waals surface area (Å²) in [6.07, 6.45) is 0.489. The molecule has 0 saturated heterocycles. The van der Waals surface area contributed by atoms with Gasteiger partial charge in [-0.05, 0) is 42.3 Å². The molecule has 0 aliphatic carbocycles. The fourth-order valence-electron chi connectivity index (χ4n) is 2.92. The summed E-state index contributed by atoms with van der Waals surface area (Å²) in [6.45, 7) is 0.374. The molecule has 8 heteroatoms. The highest BCUT2D eigenvalue weighted by molar-refractivity contribution is 6.34. The van der Waals surface area contributed by atoms with E-state index in [2.05, 4.69) is 0 Å². The van der Waals surface area contributed by atoms with Crippen LogP contribution in [0.25, 0.3) is 0 Å². The van der Waals surface area contributed by atoms with Crippen LogP contribution in [0.15, 0.2) is 59.4 Å². The van der Waals surface area contributed by atoms with Crippen molar-refractivity contribution in [3.8, 4) is 11.5 Å². The lowest BCUT2D eigenvalue weighted by Gasteiger charge is -2.16. The SMILES string of the molecule is COc1cccc(OCc2c(Cl)cc(Cl)c(=O)n2CCc2ccc(C(=O)O)cc2)c1. The maximum absolute atomic E-state index is 12.6. The predicted octanol–water partition coefficient (Wildman–Crippen LogP) is 4.68. The standard InChI is InChI=1S/C22H19Cl2NO5/c1-29-16-3-2-4-17(11-16)30-13-20-18(23)12-19(24)21(26)25(20)10-9-14-5-7-15(8-6-14)22(27)28/h2-8,11-12H,9-10,13H2,1H3,(H,27,28). The minimum absolute atomic E-state index is 0.0198. The van der Waals surface area contributed by atoms with Crippen molar-refractivity contribution in [2.24, 2.45) is 0 Å². The molecule has 3 aromatic rings. The van der Waals surface area contributed by atoms with Crippen LogP contribution in [0.4, 0.5) is 0 Å². The number of benzene rings is 2. The second kappa shape index (κ2) is 9.69. The third-order valence-electron chi connectivity index (χ3n) is 4.55. The Bertz CT molecular complexity index is 1110. The molecule has 0 spiro atoms. The molecule has 6 nitrogen and oxygen atoms in total. The molecule has 1 aromatic heterocycles. The normalized spacial score (nSPS) is 10.6. The average Bonchev–Trinajstić information content (AvgIpc) is 2.75. The van der Waals surface area contributed by atoms with Crippen molar-refractivity contribution in [2.75, 3.05) is 7.11 Å². The zero-order valence-corrected chi connectivity index (χ0v) is 17.6. The van der Waals surface area contributed by atoms with E-state index in [9.17, 15) is 9.59 Å². The Kier molecular flexibility index (Phi) is 7.03. The van der Waals surface area contributed by atoms with E-state index in [4.69, 9.17) is 37.8 Å². The Balaban J connectivity index is 1.82. The van der Waals surface area contributed by atoms with Crippen molar-refractivity contribution in [3.05, 3.63) is 91.8 Å². The van der Waals surface area contributed by atoms with Crippen LogP contribution in [0.2, 0.25) is 10.0 Å². The average molecular weight is 448 g/mol. The van der Waals surface area contributed by atoms with Crippen molar-refractivity contribution in [2.45, 2.75) is 19.6 Å².